The average Bonchev–Trinajstić information content (AvgIpc) is 2.77. The zero-order chi connectivity index (χ0) is 18.2. The molecule has 0 radical (unpaired) electrons. The van der Waals surface area contributed by atoms with E-state index in [4.69, 9.17) is 0 Å². The van der Waals surface area contributed by atoms with Gasteiger partial charge in [0.1, 0.15) is 5.56 Å². The molecule has 7 heteroatoms. The molecule has 1 aromatic heterocycles. The molecule has 0 aromatic carbocycles. The fourth-order valence-electron chi connectivity index (χ4n) is 3.83. The van der Waals surface area contributed by atoms with Gasteiger partial charge in [-0.25, -0.2) is 0 Å². The standard InChI is InChI=1S/C18H26N4O3/c1-13-4-5-14(16(24)21(13)3)17(25)22-11-10-20(2)18(12-22)7-6-15(23)19-9-8-18/h4-5H,6-12H2,1-3H3,(H,19,23). The first-order valence-corrected chi connectivity index (χ1v) is 8.78. The van der Waals surface area contributed by atoms with Crippen molar-refractivity contribution in [3.63, 3.8) is 0 Å². The van der Waals surface area contributed by atoms with Gasteiger partial charge in [0.05, 0.1) is 0 Å². The van der Waals surface area contributed by atoms with Crippen LogP contribution in [0.25, 0.3) is 0 Å². The van der Waals surface area contributed by atoms with Crippen LogP contribution in [0.2, 0.25) is 0 Å². The molecule has 0 saturated carbocycles. The fourth-order valence-corrected chi connectivity index (χ4v) is 3.83. The molecule has 3 rings (SSSR count). The van der Waals surface area contributed by atoms with E-state index in [0.717, 1.165) is 25.1 Å². The number of piperazine rings is 1. The SMILES string of the molecule is Cc1ccc(C(=O)N2CCN(C)C3(CCNC(=O)CC3)C2)c(=O)n1C. The van der Waals surface area contributed by atoms with Crippen LogP contribution in [-0.2, 0) is 11.8 Å². The van der Waals surface area contributed by atoms with Gasteiger partial charge in [0, 0.05) is 50.9 Å². The molecule has 3 heterocycles. The minimum Gasteiger partial charge on any atom is -0.356 e. The van der Waals surface area contributed by atoms with Crippen molar-refractivity contribution >= 4 is 11.8 Å². The lowest BCUT2D eigenvalue weighted by Crippen LogP contribution is -2.62. The van der Waals surface area contributed by atoms with Gasteiger partial charge < -0.3 is 14.8 Å². The zero-order valence-corrected chi connectivity index (χ0v) is 15.2. The van der Waals surface area contributed by atoms with Gasteiger partial charge in [-0.2, -0.15) is 0 Å². The molecule has 1 unspecified atom stereocenters. The van der Waals surface area contributed by atoms with Crippen molar-refractivity contribution in [2.24, 2.45) is 7.05 Å². The molecule has 7 nitrogen and oxygen atoms in total. The molecule has 0 aliphatic carbocycles. The van der Waals surface area contributed by atoms with Crippen LogP contribution in [0.1, 0.15) is 35.3 Å². The molecule has 1 spiro atoms. The van der Waals surface area contributed by atoms with Crippen molar-refractivity contribution in [2.75, 3.05) is 33.2 Å². The van der Waals surface area contributed by atoms with Crippen molar-refractivity contribution in [1.29, 1.82) is 0 Å². The number of hydrogen-bond donors (Lipinski definition) is 1. The van der Waals surface area contributed by atoms with Crippen LogP contribution in [0, 0.1) is 6.92 Å². The number of aromatic nitrogens is 1. The highest BCUT2D eigenvalue weighted by Gasteiger charge is 2.42. The minimum absolute atomic E-state index is 0.0705. The predicted molar refractivity (Wildman–Crippen MR) is 94.5 cm³/mol. The Hall–Kier alpha value is -2.15. The summed E-state index contributed by atoms with van der Waals surface area (Å²) in [4.78, 5) is 41.2. The average molecular weight is 346 g/mol. The van der Waals surface area contributed by atoms with Gasteiger partial charge in [0.15, 0.2) is 0 Å². The van der Waals surface area contributed by atoms with E-state index in [-0.39, 0.29) is 28.5 Å². The number of aryl methyl sites for hydroxylation is 1. The van der Waals surface area contributed by atoms with Crippen LogP contribution in [0.3, 0.4) is 0 Å². The lowest BCUT2D eigenvalue weighted by atomic mass is 9.86. The van der Waals surface area contributed by atoms with Gasteiger partial charge in [-0.05, 0) is 38.9 Å². The van der Waals surface area contributed by atoms with Crippen molar-refractivity contribution < 1.29 is 9.59 Å². The molecule has 136 valence electrons. The first-order valence-electron chi connectivity index (χ1n) is 8.78. The maximum absolute atomic E-state index is 13.0. The van der Waals surface area contributed by atoms with Gasteiger partial charge in [-0.3, -0.25) is 19.3 Å². The van der Waals surface area contributed by atoms with Gasteiger partial charge in [-0.1, -0.05) is 0 Å². The molecule has 1 atom stereocenters. The van der Waals surface area contributed by atoms with Gasteiger partial charge >= 0.3 is 0 Å². The third-order valence-electron chi connectivity index (χ3n) is 5.80. The van der Waals surface area contributed by atoms with Crippen LogP contribution < -0.4 is 10.9 Å². The number of carbonyl (C=O) groups is 2. The monoisotopic (exact) mass is 346 g/mol. The van der Waals surface area contributed by atoms with E-state index in [1.165, 1.54) is 4.57 Å². The molecule has 0 bridgehead atoms. The highest BCUT2D eigenvalue weighted by atomic mass is 16.2. The highest BCUT2D eigenvalue weighted by molar-refractivity contribution is 5.94. The summed E-state index contributed by atoms with van der Waals surface area (Å²) in [5.74, 6) is -0.141. The normalized spacial score (nSPS) is 24.9. The lowest BCUT2D eigenvalue weighted by Gasteiger charge is -2.49. The fraction of sp³-hybridized carbons (Fsp3) is 0.611. The van der Waals surface area contributed by atoms with Crippen LogP contribution in [0.15, 0.2) is 16.9 Å². The Labute approximate surface area is 147 Å². The van der Waals surface area contributed by atoms with E-state index < -0.39 is 0 Å². The second kappa shape index (κ2) is 6.63. The number of hydrogen-bond acceptors (Lipinski definition) is 4. The Morgan fingerprint density at radius 3 is 2.68 bits per heavy atom. The molecule has 2 saturated heterocycles. The summed E-state index contributed by atoms with van der Waals surface area (Å²) >= 11 is 0. The molecule has 1 N–H and O–H groups in total. The Kier molecular flexibility index (Phi) is 4.69. The molecular weight excluding hydrogens is 320 g/mol. The van der Waals surface area contributed by atoms with E-state index >= 15 is 0 Å². The molecule has 25 heavy (non-hydrogen) atoms. The lowest BCUT2D eigenvalue weighted by molar-refractivity contribution is -0.121. The van der Waals surface area contributed by atoms with Crippen LogP contribution in [-0.4, -0.2) is 64.9 Å². The van der Waals surface area contributed by atoms with E-state index in [0.29, 0.717) is 26.1 Å². The Bertz CT molecular complexity index is 757. The number of amides is 2. The molecule has 2 aliphatic rings. The molecule has 2 amide bonds. The van der Waals surface area contributed by atoms with Gasteiger partial charge in [-0.15, -0.1) is 0 Å². The second-order valence-electron chi connectivity index (χ2n) is 7.23. The number of likely N-dealkylation sites (N-methyl/N-ethyl adjacent to an activating group) is 1. The van der Waals surface area contributed by atoms with E-state index in [1.54, 1.807) is 24.1 Å². The number of pyridine rings is 1. The van der Waals surface area contributed by atoms with E-state index in [9.17, 15) is 14.4 Å². The molecule has 2 fully saturated rings. The third kappa shape index (κ3) is 3.20. The summed E-state index contributed by atoms with van der Waals surface area (Å²) in [6, 6.07) is 3.43. The summed E-state index contributed by atoms with van der Waals surface area (Å²) in [5, 5.41) is 2.91. The van der Waals surface area contributed by atoms with E-state index in [2.05, 4.69) is 17.3 Å². The Morgan fingerprint density at radius 1 is 1.16 bits per heavy atom. The summed E-state index contributed by atoms with van der Waals surface area (Å²) in [5.41, 5.74) is 0.583. The number of nitrogens with one attached hydrogen (secondary N) is 1. The quantitative estimate of drug-likeness (QED) is 0.784. The summed E-state index contributed by atoms with van der Waals surface area (Å²) < 4.78 is 1.51. The highest BCUT2D eigenvalue weighted by Crippen LogP contribution is 2.30. The molecular formula is C18H26N4O3. The molecule has 2 aliphatic heterocycles. The third-order valence-corrected chi connectivity index (χ3v) is 5.80. The Balaban J connectivity index is 1.86. The summed E-state index contributed by atoms with van der Waals surface area (Å²) in [7, 11) is 3.74. The number of carbonyl (C=O) groups excluding carboxylic acids is 2. The number of rotatable bonds is 1. The number of nitrogens with zero attached hydrogens (tertiary/aromatic N) is 3. The zero-order valence-electron chi connectivity index (χ0n) is 15.2. The van der Waals surface area contributed by atoms with Crippen LogP contribution in [0.4, 0.5) is 0 Å². The predicted octanol–water partition coefficient (Wildman–Crippen LogP) is 0.120. The van der Waals surface area contributed by atoms with Crippen LogP contribution in [0.5, 0.6) is 0 Å². The first kappa shape index (κ1) is 17.7. The maximum Gasteiger partial charge on any atom is 0.263 e. The van der Waals surface area contributed by atoms with Crippen molar-refractivity contribution in [1.82, 2.24) is 19.7 Å². The van der Waals surface area contributed by atoms with Gasteiger partial charge in [0.2, 0.25) is 5.91 Å². The van der Waals surface area contributed by atoms with Crippen molar-refractivity contribution in [2.45, 2.75) is 31.7 Å². The Morgan fingerprint density at radius 2 is 1.92 bits per heavy atom. The second-order valence-corrected chi connectivity index (χ2v) is 7.23. The maximum atomic E-state index is 13.0. The first-order chi connectivity index (χ1) is 11.8. The smallest absolute Gasteiger partial charge is 0.263 e. The summed E-state index contributed by atoms with van der Waals surface area (Å²) in [6.07, 6.45) is 2.01. The van der Waals surface area contributed by atoms with Crippen molar-refractivity contribution in [3.8, 4) is 0 Å². The van der Waals surface area contributed by atoms with E-state index in [1.807, 2.05) is 6.92 Å². The van der Waals surface area contributed by atoms with Gasteiger partial charge in [0.25, 0.3) is 11.5 Å². The summed E-state index contributed by atoms with van der Waals surface area (Å²) in [6.45, 7) is 4.35. The largest absolute Gasteiger partial charge is 0.356 e. The van der Waals surface area contributed by atoms with Crippen LogP contribution >= 0.6 is 0 Å². The molecule has 1 aromatic rings. The minimum atomic E-state index is -0.254. The topological polar surface area (TPSA) is 74.7 Å². The van der Waals surface area contributed by atoms with Crippen molar-refractivity contribution in [3.05, 3.63) is 33.7 Å².